The molecule has 2 heterocycles. The molecule has 3 aliphatic rings. The number of piperidine rings is 1. The van der Waals surface area contributed by atoms with Gasteiger partial charge in [-0.2, -0.15) is 0 Å². The predicted octanol–water partition coefficient (Wildman–Crippen LogP) is 1.14. The van der Waals surface area contributed by atoms with Gasteiger partial charge in [-0.05, 0) is 45.2 Å². The van der Waals surface area contributed by atoms with Crippen LogP contribution in [0.3, 0.4) is 0 Å². The number of fused-ring (bicyclic) bond motifs is 2. The highest BCUT2D eigenvalue weighted by Gasteiger charge is 2.45. The second-order valence-electron chi connectivity index (χ2n) is 6.03. The topological polar surface area (TPSA) is 41.3 Å². The van der Waals surface area contributed by atoms with E-state index < -0.39 is 0 Å². The second-order valence-corrected chi connectivity index (χ2v) is 6.03. The van der Waals surface area contributed by atoms with Crippen molar-refractivity contribution in [3.05, 3.63) is 0 Å². The van der Waals surface area contributed by atoms with Gasteiger partial charge in [0, 0.05) is 18.0 Å². The minimum Gasteiger partial charge on any atom is -0.327 e. The van der Waals surface area contributed by atoms with E-state index in [1.54, 1.807) is 0 Å². The molecule has 1 aliphatic carbocycles. The molecule has 3 fully saturated rings. The molecule has 0 amide bonds. The molecule has 0 spiro atoms. The van der Waals surface area contributed by atoms with Gasteiger partial charge in [0.15, 0.2) is 0 Å². The third-order valence-electron chi connectivity index (χ3n) is 5.12. The highest BCUT2D eigenvalue weighted by atomic mass is 15.3. The molecule has 2 saturated heterocycles. The lowest BCUT2D eigenvalue weighted by Crippen LogP contribution is -2.64. The molecule has 5 unspecified atom stereocenters. The summed E-state index contributed by atoms with van der Waals surface area (Å²) < 4.78 is 0. The normalized spacial score (nSPS) is 49.5. The Labute approximate surface area is 98.8 Å². The van der Waals surface area contributed by atoms with Crippen LogP contribution in [0.25, 0.3) is 0 Å². The Kier molecular flexibility index (Phi) is 2.94. The van der Waals surface area contributed by atoms with Crippen molar-refractivity contribution in [1.29, 1.82) is 0 Å². The molecule has 16 heavy (non-hydrogen) atoms. The molecular formula is C13H25N3. The number of rotatable bonds is 0. The Morgan fingerprint density at radius 3 is 2.75 bits per heavy atom. The summed E-state index contributed by atoms with van der Waals surface area (Å²) >= 11 is 0. The second kappa shape index (κ2) is 4.28. The fourth-order valence-corrected chi connectivity index (χ4v) is 4.21. The first kappa shape index (κ1) is 11.0. The van der Waals surface area contributed by atoms with Crippen molar-refractivity contribution in [3.8, 4) is 0 Å². The van der Waals surface area contributed by atoms with Gasteiger partial charge in [-0.25, -0.2) is 0 Å². The zero-order valence-corrected chi connectivity index (χ0v) is 10.4. The van der Waals surface area contributed by atoms with Gasteiger partial charge in [0.2, 0.25) is 0 Å². The first-order valence-electron chi connectivity index (χ1n) is 6.99. The SMILES string of the molecule is CN1CCCCC2C(N)C3CCCC3NC21. The molecule has 2 aliphatic heterocycles. The monoisotopic (exact) mass is 223 g/mol. The quantitative estimate of drug-likeness (QED) is 0.647. The molecule has 1 saturated carbocycles. The summed E-state index contributed by atoms with van der Waals surface area (Å²) in [7, 11) is 2.26. The number of nitrogens with zero attached hydrogens (tertiary/aromatic N) is 1. The van der Waals surface area contributed by atoms with E-state index in [9.17, 15) is 0 Å². The predicted molar refractivity (Wildman–Crippen MR) is 66.0 cm³/mol. The van der Waals surface area contributed by atoms with Gasteiger partial charge in [0.05, 0.1) is 6.17 Å². The van der Waals surface area contributed by atoms with Crippen LogP contribution < -0.4 is 11.1 Å². The van der Waals surface area contributed by atoms with Gasteiger partial charge in [-0.15, -0.1) is 0 Å². The van der Waals surface area contributed by atoms with Crippen molar-refractivity contribution in [2.75, 3.05) is 13.6 Å². The average molecular weight is 223 g/mol. The minimum atomic E-state index is 0.444. The van der Waals surface area contributed by atoms with E-state index in [0.29, 0.717) is 24.2 Å². The Balaban J connectivity index is 1.82. The molecule has 0 radical (unpaired) electrons. The molecule has 92 valence electrons. The zero-order chi connectivity index (χ0) is 11.1. The van der Waals surface area contributed by atoms with Crippen LogP contribution in [-0.2, 0) is 0 Å². The number of likely N-dealkylation sites (tertiary alicyclic amines) is 1. The first-order valence-corrected chi connectivity index (χ1v) is 6.99. The van der Waals surface area contributed by atoms with E-state index in [1.165, 1.54) is 45.1 Å². The van der Waals surface area contributed by atoms with E-state index >= 15 is 0 Å². The van der Waals surface area contributed by atoms with Crippen LogP contribution in [0.4, 0.5) is 0 Å². The van der Waals surface area contributed by atoms with Crippen molar-refractivity contribution in [1.82, 2.24) is 10.2 Å². The van der Waals surface area contributed by atoms with Crippen LogP contribution in [0.5, 0.6) is 0 Å². The molecule has 0 aromatic heterocycles. The summed E-state index contributed by atoms with van der Waals surface area (Å²) in [6.07, 6.45) is 8.65. The van der Waals surface area contributed by atoms with E-state index in [0.717, 1.165) is 5.92 Å². The highest BCUT2D eigenvalue weighted by Crippen LogP contribution is 2.39. The lowest BCUT2D eigenvalue weighted by Gasteiger charge is -2.46. The molecule has 0 aromatic rings. The third kappa shape index (κ3) is 1.69. The smallest absolute Gasteiger partial charge is 0.0640 e. The lowest BCUT2D eigenvalue weighted by atomic mass is 9.77. The summed E-state index contributed by atoms with van der Waals surface area (Å²) in [4.78, 5) is 2.51. The Morgan fingerprint density at radius 2 is 1.88 bits per heavy atom. The van der Waals surface area contributed by atoms with Gasteiger partial charge in [-0.1, -0.05) is 12.8 Å². The lowest BCUT2D eigenvalue weighted by molar-refractivity contribution is 0.0565. The molecule has 3 nitrogen and oxygen atoms in total. The number of nitrogens with one attached hydrogen (secondary N) is 1. The Morgan fingerprint density at radius 1 is 1.06 bits per heavy atom. The van der Waals surface area contributed by atoms with Gasteiger partial charge in [-0.3, -0.25) is 10.2 Å². The maximum Gasteiger partial charge on any atom is 0.0640 e. The standard InChI is InChI=1S/C13H25N3/c1-16-8-3-2-5-10-12(14)9-6-4-7-11(9)15-13(10)16/h9-13,15H,2-8,14H2,1H3. The van der Waals surface area contributed by atoms with Gasteiger partial charge in [0.25, 0.3) is 0 Å². The van der Waals surface area contributed by atoms with E-state index in [1.807, 2.05) is 0 Å². The molecule has 0 aromatic carbocycles. The van der Waals surface area contributed by atoms with Crippen molar-refractivity contribution in [3.63, 3.8) is 0 Å². The van der Waals surface area contributed by atoms with Crippen molar-refractivity contribution < 1.29 is 0 Å². The molecule has 3 heteroatoms. The van der Waals surface area contributed by atoms with Crippen molar-refractivity contribution in [2.45, 2.75) is 56.8 Å². The average Bonchev–Trinajstić information content (AvgIpc) is 2.66. The first-order chi connectivity index (χ1) is 7.77. The van der Waals surface area contributed by atoms with Gasteiger partial charge >= 0.3 is 0 Å². The van der Waals surface area contributed by atoms with Crippen LogP contribution >= 0.6 is 0 Å². The van der Waals surface area contributed by atoms with Crippen molar-refractivity contribution in [2.24, 2.45) is 17.6 Å². The molecule has 3 N–H and O–H groups in total. The van der Waals surface area contributed by atoms with Gasteiger partial charge < -0.3 is 5.73 Å². The van der Waals surface area contributed by atoms with Gasteiger partial charge in [0.1, 0.15) is 0 Å². The minimum absolute atomic E-state index is 0.444. The van der Waals surface area contributed by atoms with Crippen LogP contribution in [0.1, 0.15) is 38.5 Å². The highest BCUT2D eigenvalue weighted by molar-refractivity contribution is 5.02. The maximum absolute atomic E-state index is 6.54. The van der Waals surface area contributed by atoms with Crippen LogP contribution in [0, 0.1) is 11.8 Å². The fourth-order valence-electron chi connectivity index (χ4n) is 4.21. The molecule has 5 atom stereocenters. The number of hydrogen-bond donors (Lipinski definition) is 2. The van der Waals surface area contributed by atoms with Crippen LogP contribution in [-0.4, -0.2) is 36.7 Å². The molecule has 3 rings (SSSR count). The molecule has 0 bridgehead atoms. The third-order valence-corrected chi connectivity index (χ3v) is 5.12. The zero-order valence-electron chi connectivity index (χ0n) is 10.4. The largest absolute Gasteiger partial charge is 0.327 e. The number of hydrogen-bond acceptors (Lipinski definition) is 3. The van der Waals surface area contributed by atoms with E-state index in [4.69, 9.17) is 5.73 Å². The maximum atomic E-state index is 6.54. The summed E-state index contributed by atoms with van der Waals surface area (Å²) in [6.45, 7) is 1.23. The summed E-state index contributed by atoms with van der Waals surface area (Å²) in [5, 5.41) is 3.88. The summed E-state index contributed by atoms with van der Waals surface area (Å²) in [5.41, 5.74) is 6.54. The Hall–Kier alpha value is -0.120. The van der Waals surface area contributed by atoms with Crippen LogP contribution in [0.15, 0.2) is 0 Å². The number of nitrogens with two attached hydrogens (primary N) is 1. The summed E-state index contributed by atoms with van der Waals surface area (Å²) in [5.74, 6) is 1.44. The summed E-state index contributed by atoms with van der Waals surface area (Å²) in [6, 6.07) is 1.15. The van der Waals surface area contributed by atoms with Crippen LogP contribution in [0.2, 0.25) is 0 Å². The van der Waals surface area contributed by atoms with E-state index in [-0.39, 0.29) is 0 Å². The Bertz CT molecular complexity index is 256. The molecular weight excluding hydrogens is 198 g/mol. The van der Waals surface area contributed by atoms with Crippen molar-refractivity contribution >= 4 is 0 Å². The fraction of sp³-hybridized carbons (Fsp3) is 1.00. The van der Waals surface area contributed by atoms with E-state index in [2.05, 4.69) is 17.3 Å².